The molecule has 0 aromatic carbocycles. The summed E-state index contributed by atoms with van der Waals surface area (Å²) in [4.78, 5) is 0. The van der Waals surface area contributed by atoms with Gasteiger partial charge in [-0.2, -0.15) is 0 Å². The van der Waals surface area contributed by atoms with Crippen LogP contribution in [0.2, 0.25) is 0 Å². The van der Waals surface area contributed by atoms with Crippen molar-refractivity contribution in [2.45, 2.75) is 45.3 Å². The lowest BCUT2D eigenvalue weighted by atomic mass is 9.86. The summed E-state index contributed by atoms with van der Waals surface area (Å²) in [6, 6.07) is 0.284. The van der Waals surface area contributed by atoms with Gasteiger partial charge in [-0.1, -0.05) is 6.92 Å². The highest BCUT2D eigenvalue weighted by Crippen LogP contribution is 2.22. The Hall–Kier alpha value is -0.0800. The molecule has 0 radical (unpaired) electrons. The average Bonchev–Trinajstić information content (AvgIpc) is 1.86. The maximum Gasteiger partial charge on any atom is 0.0744 e. The van der Waals surface area contributed by atoms with Crippen molar-refractivity contribution in [3.05, 3.63) is 0 Å². The van der Waals surface area contributed by atoms with Crippen molar-refractivity contribution >= 4 is 0 Å². The highest BCUT2D eigenvalue weighted by molar-refractivity contribution is 4.87. The molecular weight excluding hydrogens is 138 g/mol. The molecule has 1 saturated heterocycles. The van der Waals surface area contributed by atoms with Crippen LogP contribution in [0.4, 0.5) is 0 Å². The SMILES string of the molecule is CC1CCNC(C(C)(C)O)C1. The lowest BCUT2D eigenvalue weighted by molar-refractivity contribution is 0.0200. The molecule has 1 fully saturated rings. The summed E-state index contributed by atoms with van der Waals surface area (Å²) in [6.07, 6.45) is 2.34. The van der Waals surface area contributed by atoms with Crippen molar-refractivity contribution in [2.24, 2.45) is 5.92 Å². The maximum atomic E-state index is 9.70. The Morgan fingerprint density at radius 3 is 2.45 bits per heavy atom. The van der Waals surface area contributed by atoms with Gasteiger partial charge >= 0.3 is 0 Å². The largest absolute Gasteiger partial charge is 0.389 e. The summed E-state index contributed by atoms with van der Waals surface area (Å²) in [5.41, 5.74) is -0.561. The van der Waals surface area contributed by atoms with Crippen LogP contribution in [0.15, 0.2) is 0 Å². The second-order valence-electron chi connectivity index (χ2n) is 4.29. The summed E-state index contributed by atoms with van der Waals surface area (Å²) in [5, 5.41) is 13.0. The van der Waals surface area contributed by atoms with Crippen molar-refractivity contribution in [2.75, 3.05) is 6.54 Å². The number of aliphatic hydroxyl groups is 1. The van der Waals surface area contributed by atoms with Gasteiger partial charge < -0.3 is 10.4 Å². The first-order chi connectivity index (χ1) is 5.00. The number of piperidine rings is 1. The third-order valence-corrected chi connectivity index (χ3v) is 2.52. The Morgan fingerprint density at radius 2 is 2.09 bits per heavy atom. The first-order valence-electron chi connectivity index (χ1n) is 4.46. The zero-order chi connectivity index (χ0) is 8.48. The third-order valence-electron chi connectivity index (χ3n) is 2.52. The molecule has 1 aliphatic heterocycles. The second kappa shape index (κ2) is 3.11. The van der Waals surface area contributed by atoms with E-state index in [9.17, 15) is 5.11 Å². The van der Waals surface area contributed by atoms with Gasteiger partial charge in [-0.15, -0.1) is 0 Å². The molecule has 66 valence electrons. The molecule has 2 N–H and O–H groups in total. The quantitative estimate of drug-likeness (QED) is 0.598. The monoisotopic (exact) mass is 157 g/mol. The second-order valence-corrected chi connectivity index (χ2v) is 4.29. The van der Waals surface area contributed by atoms with Crippen molar-refractivity contribution < 1.29 is 5.11 Å². The lowest BCUT2D eigenvalue weighted by Crippen LogP contribution is -2.50. The topological polar surface area (TPSA) is 32.3 Å². The first kappa shape index (κ1) is 9.01. The molecular formula is C9H19NO. The molecule has 2 atom stereocenters. The van der Waals surface area contributed by atoms with Crippen molar-refractivity contribution in [1.29, 1.82) is 0 Å². The van der Waals surface area contributed by atoms with E-state index in [1.165, 1.54) is 6.42 Å². The van der Waals surface area contributed by atoms with E-state index < -0.39 is 5.60 Å². The van der Waals surface area contributed by atoms with E-state index in [4.69, 9.17) is 0 Å². The van der Waals surface area contributed by atoms with Crippen LogP contribution in [0.5, 0.6) is 0 Å². The van der Waals surface area contributed by atoms with Crippen LogP contribution < -0.4 is 5.32 Å². The van der Waals surface area contributed by atoms with Gasteiger partial charge in [-0.25, -0.2) is 0 Å². The number of hydrogen-bond acceptors (Lipinski definition) is 2. The standard InChI is InChI=1S/C9H19NO/c1-7-4-5-10-8(6-7)9(2,3)11/h7-8,10-11H,4-6H2,1-3H3. The molecule has 0 spiro atoms. The normalized spacial score (nSPS) is 33.8. The minimum Gasteiger partial charge on any atom is -0.389 e. The van der Waals surface area contributed by atoms with Crippen LogP contribution in [-0.4, -0.2) is 23.3 Å². The van der Waals surface area contributed by atoms with E-state index >= 15 is 0 Å². The molecule has 0 amide bonds. The Kier molecular flexibility index (Phi) is 2.55. The highest BCUT2D eigenvalue weighted by atomic mass is 16.3. The molecule has 0 aliphatic carbocycles. The smallest absolute Gasteiger partial charge is 0.0744 e. The van der Waals surface area contributed by atoms with E-state index in [1.807, 2.05) is 13.8 Å². The van der Waals surface area contributed by atoms with Gasteiger partial charge in [0.25, 0.3) is 0 Å². The van der Waals surface area contributed by atoms with Gasteiger partial charge in [-0.3, -0.25) is 0 Å². The van der Waals surface area contributed by atoms with Crippen LogP contribution in [0, 0.1) is 5.92 Å². The van der Waals surface area contributed by atoms with Crippen molar-refractivity contribution in [3.63, 3.8) is 0 Å². The number of hydrogen-bond donors (Lipinski definition) is 2. The highest BCUT2D eigenvalue weighted by Gasteiger charge is 2.30. The molecule has 1 rings (SSSR count). The van der Waals surface area contributed by atoms with E-state index in [1.54, 1.807) is 0 Å². The molecule has 2 nitrogen and oxygen atoms in total. The molecule has 0 saturated carbocycles. The van der Waals surface area contributed by atoms with E-state index in [0.717, 1.165) is 18.9 Å². The third kappa shape index (κ3) is 2.46. The summed E-state index contributed by atoms with van der Waals surface area (Å²) in [6.45, 7) is 7.06. The molecule has 2 heteroatoms. The zero-order valence-corrected chi connectivity index (χ0v) is 7.72. The fraction of sp³-hybridized carbons (Fsp3) is 1.00. The van der Waals surface area contributed by atoms with Gasteiger partial charge in [0.05, 0.1) is 5.60 Å². The summed E-state index contributed by atoms with van der Waals surface area (Å²) < 4.78 is 0. The summed E-state index contributed by atoms with van der Waals surface area (Å²) >= 11 is 0. The molecule has 11 heavy (non-hydrogen) atoms. The van der Waals surface area contributed by atoms with Crippen molar-refractivity contribution in [3.8, 4) is 0 Å². The molecule has 0 aromatic rings. The lowest BCUT2D eigenvalue weighted by Gasteiger charge is -2.36. The fourth-order valence-corrected chi connectivity index (χ4v) is 1.65. The average molecular weight is 157 g/mol. The Bertz CT molecular complexity index is 128. The molecule has 1 heterocycles. The first-order valence-corrected chi connectivity index (χ1v) is 4.46. The van der Waals surface area contributed by atoms with Gasteiger partial charge in [0.2, 0.25) is 0 Å². The number of rotatable bonds is 1. The minimum absolute atomic E-state index is 0.284. The number of nitrogens with one attached hydrogen (secondary N) is 1. The van der Waals surface area contributed by atoms with E-state index in [0.29, 0.717) is 0 Å². The van der Waals surface area contributed by atoms with Crippen LogP contribution in [0.25, 0.3) is 0 Å². The van der Waals surface area contributed by atoms with Crippen LogP contribution in [-0.2, 0) is 0 Å². The fourth-order valence-electron chi connectivity index (χ4n) is 1.65. The Balaban J connectivity index is 2.46. The molecule has 1 aliphatic rings. The Morgan fingerprint density at radius 1 is 1.45 bits per heavy atom. The maximum absolute atomic E-state index is 9.70. The predicted molar refractivity (Wildman–Crippen MR) is 46.5 cm³/mol. The van der Waals surface area contributed by atoms with Crippen LogP contribution >= 0.6 is 0 Å². The summed E-state index contributed by atoms with van der Waals surface area (Å²) in [5.74, 6) is 0.757. The van der Waals surface area contributed by atoms with Gasteiger partial charge in [0.15, 0.2) is 0 Å². The molecule has 2 unspecified atom stereocenters. The van der Waals surface area contributed by atoms with Crippen LogP contribution in [0.1, 0.15) is 33.6 Å². The van der Waals surface area contributed by atoms with E-state index in [2.05, 4.69) is 12.2 Å². The molecule has 0 bridgehead atoms. The van der Waals surface area contributed by atoms with Gasteiger partial charge in [-0.05, 0) is 39.2 Å². The van der Waals surface area contributed by atoms with E-state index in [-0.39, 0.29) is 6.04 Å². The van der Waals surface area contributed by atoms with Crippen molar-refractivity contribution in [1.82, 2.24) is 5.32 Å². The minimum atomic E-state index is -0.561. The van der Waals surface area contributed by atoms with Gasteiger partial charge in [0.1, 0.15) is 0 Å². The predicted octanol–water partition coefficient (Wildman–Crippen LogP) is 1.15. The van der Waals surface area contributed by atoms with Gasteiger partial charge in [0, 0.05) is 6.04 Å². The summed E-state index contributed by atoms with van der Waals surface area (Å²) in [7, 11) is 0. The molecule has 0 aromatic heterocycles. The van der Waals surface area contributed by atoms with Crippen LogP contribution in [0.3, 0.4) is 0 Å². The zero-order valence-electron chi connectivity index (χ0n) is 7.72. The Labute approximate surface area is 69.0 Å².